The van der Waals surface area contributed by atoms with Crippen LogP contribution in [0.2, 0.25) is 0 Å². The number of hydrogen-bond donors (Lipinski definition) is 1. The third kappa shape index (κ3) is 4.30. The molecule has 1 aromatic rings. The van der Waals surface area contributed by atoms with Gasteiger partial charge in [0.1, 0.15) is 0 Å². The fourth-order valence-electron chi connectivity index (χ4n) is 2.16. The Morgan fingerprint density at radius 3 is 2.76 bits per heavy atom. The van der Waals surface area contributed by atoms with Crippen molar-refractivity contribution in [3.05, 3.63) is 22.4 Å². The highest BCUT2D eigenvalue weighted by atomic mass is 35.5. The van der Waals surface area contributed by atoms with Gasteiger partial charge in [0.05, 0.1) is 5.71 Å². The van der Waals surface area contributed by atoms with Crippen LogP contribution in [0.15, 0.2) is 22.0 Å². The first-order chi connectivity index (χ1) is 7.90. The van der Waals surface area contributed by atoms with E-state index >= 15 is 0 Å². The zero-order valence-electron chi connectivity index (χ0n) is 9.84. The smallest absolute Gasteiger partial charge is 0.0876 e. The predicted octanol–water partition coefficient (Wildman–Crippen LogP) is 3.22. The van der Waals surface area contributed by atoms with Crippen molar-refractivity contribution in [2.24, 2.45) is 5.16 Å². The molecule has 2 heterocycles. The first-order valence-electron chi connectivity index (χ1n) is 5.86. The molecule has 0 aromatic carbocycles. The minimum Gasteiger partial charge on any atom is -0.411 e. The van der Waals surface area contributed by atoms with Crippen LogP contribution in [-0.2, 0) is 0 Å². The van der Waals surface area contributed by atoms with Gasteiger partial charge in [0.25, 0.3) is 0 Å². The number of thiophene rings is 1. The lowest BCUT2D eigenvalue weighted by Gasteiger charge is -2.13. The molecule has 0 atom stereocenters. The summed E-state index contributed by atoms with van der Waals surface area (Å²) in [7, 11) is 0. The van der Waals surface area contributed by atoms with E-state index in [2.05, 4.69) is 10.1 Å². The Hall–Kier alpha value is -0.580. The lowest BCUT2D eigenvalue weighted by atomic mass is 10.1. The second kappa shape index (κ2) is 7.69. The molecule has 0 radical (unpaired) electrons. The van der Waals surface area contributed by atoms with E-state index < -0.39 is 0 Å². The molecule has 17 heavy (non-hydrogen) atoms. The lowest BCUT2D eigenvalue weighted by molar-refractivity contribution is 0.314. The quantitative estimate of drug-likeness (QED) is 0.508. The lowest BCUT2D eigenvalue weighted by Crippen LogP contribution is -2.21. The number of oxime groups is 1. The maximum Gasteiger partial charge on any atom is 0.0876 e. The Morgan fingerprint density at radius 1 is 1.41 bits per heavy atom. The van der Waals surface area contributed by atoms with Gasteiger partial charge in [-0.05, 0) is 62.1 Å². The summed E-state index contributed by atoms with van der Waals surface area (Å²) in [5.41, 5.74) is 1.88. The summed E-state index contributed by atoms with van der Waals surface area (Å²) >= 11 is 1.64. The van der Waals surface area contributed by atoms with E-state index in [1.165, 1.54) is 25.9 Å². The van der Waals surface area contributed by atoms with Crippen LogP contribution in [0, 0.1) is 0 Å². The fraction of sp³-hybridized carbons (Fsp3) is 0.583. The number of nitrogens with zero attached hydrogens (tertiary/aromatic N) is 2. The van der Waals surface area contributed by atoms with E-state index in [1.807, 2.05) is 16.8 Å². The van der Waals surface area contributed by atoms with Crippen molar-refractivity contribution < 1.29 is 5.21 Å². The Balaban J connectivity index is 0.00000144. The van der Waals surface area contributed by atoms with Crippen LogP contribution in [-0.4, -0.2) is 35.5 Å². The molecule has 1 N–H and O–H groups in total. The molecule has 2 rings (SSSR count). The van der Waals surface area contributed by atoms with Gasteiger partial charge in [-0.25, -0.2) is 0 Å². The molecular formula is C12H19ClN2OS. The zero-order valence-corrected chi connectivity index (χ0v) is 11.5. The van der Waals surface area contributed by atoms with E-state index in [0.717, 1.165) is 30.7 Å². The minimum atomic E-state index is 0. The summed E-state index contributed by atoms with van der Waals surface area (Å²) in [6.45, 7) is 3.61. The normalized spacial score (nSPS) is 17.1. The molecule has 5 heteroatoms. The summed E-state index contributed by atoms with van der Waals surface area (Å²) in [4.78, 5) is 2.49. The molecule has 0 unspecified atom stereocenters. The largest absolute Gasteiger partial charge is 0.411 e. The van der Waals surface area contributed by atoms with Crippen LogP contribution in [0.1, 0.15) is 31.2 Å². The Morgan fingerprint density at radius 2 is 2.18 bits per heavy atom. The summed E-state index contributed by atoms with van der Waals surface area (Å²) in [5.74, 6) is 0. The average Bonchev–Trinajstić information content (AvgIpc) is 2.96. The van der Waals surface area contributed by atoms with Crippen molar-refractivity contribution in [3.63, 3.8) is 0 Å². The highest BCUT2D eigenvalue weighted by Crippen LogP contribution is 2.13. The molecule has 0 amide bonds. The van der Waals surface area contributed by atoms with E-state index in [9.17, 15) is 0 Å². The second-order valence-corrected chi connectivity index (χ2v) is 4.99. The molecule has 1 aliphatic rings. The summed E-state index contributed by atoms with van der Waals surface area (Å²) in [5, 5.41) is 16.4. The van der Waals surface area contributed by atoms with Gasteiger partial charge in [0, 0.05) is 5.56 Å². The molecule has 1 aliphatic heterocycles. The molecule has 0 aliphatic carbocycles. The van der Waals surface area contributed by atoms with Gasteiger partial charge < -0.3 is 10.1 Å². The van der Waals surface area contributed by atoms with Gasteiger partial charge in [-0.3, -0.25) is 0 Å². The van der Waals surface area contributed by atoms with Gasteiger partial charge >= 0.3 is 0 Å². The molecule has 96 valence electrons. The van der Waals surface area contributed by atoms with Crippen LogP contribution in [0.5, 0.6) is 0 Å². The van der Waals surface area contributed by atoms with Gasteiger partial charge in [0.15, 0.2) is 0 Å². The van der Waals surface area contributed by atoms with Crippen LogP contribution < -0.4 is 0 Å². The van der Waals surface area contributed by atoms with E-state index in [4.69, 9.17) is 5.21 Å². The highest BCUT2D eigenvalue weighted by Gasteiger charge is 2.11. The summed E-state index contributed by atoms with van der Waals surface area (Å²) < 4.78 is 0. The number of hydrogen-bond acceptors (Lipinski definition) is 4. The SMILES string of the molecule is Cl.O/N=C(\CCCN1CCCC1)c1ccsc1. The van der Waals surface area contributed by atoms with Gasteiger partial charge in [-0.2, -0.15) is 11.3 Å². The van der Waals surface area contributed by atoms with Gasteiger partial charge in [-0.15, -0.1) is 12.4 Å². The summed E-state index contributed by atoms with van der Waals surface area (Å²) in [6, 6.07) is 2.01. The van der Waals surface area contributed by atoms with E-state index in [1.54, 1.807) is 11.3 Å². The van der Waals surface area contributed by atoms with Crippen molar-refractivity contribution in [2.45, 2.75) is 25.7 Å². The van der Waals surface area contributed by atoms with E-state index in [0.29, 0.717) is 0 Å². The van der Waals surface area contributed by atoms with Crippen LogP contribution in [0.4, 0.5) is 0 Å². The number of rotatable bonds is 5. The van der Waals surface area contributed by atoms with Crippen molar-refractivity contribution >= 4 is 29.5 Å². The molecule has 0 saturated carbocycles. The third-order valence-electron chi connectivity index (χ3n) is 3.06. The average molecular weight is 275 g/mol. The molecule has 1 aromatic heterocycles. The Labute approximate surface area is 113 Å². The number of halogens is 1. The molecule has 3 nitrogen and oxygen atoms in total. The summed E-state index contributed by atoms with van der Waals surface area (Å²) in [6.07, 6.45) is 4.62. The molecular weight excluding hydrogens is 256 g/mol. The Kier molecular flexibility index (Phi) is 6.55. The molecule has 1 saturated heterocycles. The zero-order chi connectivity index (χ0) is 11.2. The van der Waals surface area contributed by atoms with Crippen molar-refractivity contribution in [1.29, 1.82) is 0 Å². The molecule has 0 spiro atoms. The van der Waals surface area contributed by atoms with Crippen LogP contribution >= 0.6 is 23.7 Å². The van der Waals surface area contributed by atoms with Crippen molar-refractivity contribution in [1.82, 2.24) is 4.90 Å². The topological polar surface area (TPSA) is 35.8 Å². The van der Waals surface area contributed by atoms with Crippen molar-refractivity contribution in [3.8, 4) is 0 Å². The first kappa shape index (κ1) is 14.5. The van der Waals surface area contributed by atoms with Gasteiger partial charge in [0.2, 0.25) is 0 Å². The third-order valence-corrected chi connectivity index (χ3v) is 3.74. The van der Waals surface area contributed by atoms with Crippen LogP contribution in [0.25, 0.3) is 0 Å². The Bertz CT molecular complexity index is 334. The second-order valence-electron chi connectivity index (χ2n) is 4.21. The van der Waals surface area contributed by atoms with Crippen LogP contribution in [0.3, 0.4) is 0 Å². The maximum atomic E-state index is 8.97. The first-order valence-corrected chi connectivity index (χ1v) is 6.80. The van der Waals surface area contributed by atoms with Crippen molar-refractivity contribution in [2.75, 3.05) is 19.6 Å². The molecule has 1 fully saturated rings. The highest BCUT2D eigenvalue weighted by molar-refractivity contribution is 7.08. The maximum absolute atomic E-state index is 8.97. The monoisotopic (exact) mass is 274 g/mol. The minimum absolute atomic E-state index is 0. The van der Waals surface area contributed by atoms with Gasteiger partial charge in [-0.1, -0.05) is 5.16 Å². The number of likely N-dealkylation sites (tertiary alicyclic amines) is 1. The fourth-order valence-corrected chi connectivity index (χ4v) is 2.82. The predicted molar refractivity (Wildman–Crippen MR) is 74.8 cm³/mol. The standard InChI is InChI=1S/C12H18N2OS.ClH/c15-13-12(11-5-9-16-10-11)4-3-8-14-6-1-2-7-14;/h5,9-10,15H,1-4,6-8H2;1H/b13-12+;. The van der Waals surface area contributed by atoms with E-state index in [-0.39, 0.29) is 12.4 Å². The molecule has 0 bridgehead atoms.